The lowest BCUT2D eigenvalue weighted by Crippen LogP contribution is -2.44. The van der Waals surface area contributed by atoms with E-state index in [4.69, 9.17) is 0 Å². The predicted octanol–water partition coefficient (Wildman–Crippen LogP) is 3.42. The van der Waals surface area contributed by atoms with Crippen LogP contribution in [-0.2, 0) is 0 Å². The molecule has 7 nitrogen and oxygen atoms in total. The quantitative estimate of drug-likeness (QED) is 0.618. The standard InChI is InChI=1S/C19H25N5O2/c1-13-5-6-17(18(11-13)24(25)26)22(4)16-7-9-23(10-8-16)19-12-14(2)20-15(3)21-19/h5-6,11-12,16H,7-10H2,1-4H3. The Morgan fingerprint density at radius 2 is 1.85 bits per heavy atom. The molecule has 7 heteroatoms. The van der Waals surface area contributed by atoms with Crippen LogP contribution in [0.1, 0.15) is 29.9 Å². The fourth-order valence-corrected chi connectivity index (χ4v) is 3.62. The second-order valence-corrected chi connectivity index (χ2v) is 6.99. The van der Waals surface area contributed by atoms with Gasteiger partial charge in [0.25, 0.3) is 5.69 Å². The molecule has 2 aromatic rings. The molecule has 0 aliphatic carbocycles. The fourth-order valence-electron chi connectivity index (χ4n) is 3.62. The number of nitro groups is 1. The van der Waals surface area contributed by atoms with Crippen molar-refractivity contribution >= 4 is 17.2 Å². The van der Waals surface area contributed by atoms with Gasteiger partial charge in [-0.2, -0.15) is 0 Å². The largest absolute Gasteiger partial charge is 0.366 e. The number of anilines is 2. The van der Waals surface area contributed by atoms with E-state index in [2.05, 4.69) is 19.8 Å². The normalized spacial score (nSPS) is 15.2. The number of aromatic nitrogens is 2. The Bertz CT molecular complexity index is 795. The van der Waals surface area contributed by atoms with E-state index < -0.39 is 0 Å². The van der Waals surface area contributed by atoms with Crippen LogP contribution in [0.3, 0.4) is 0 Å². The molecule has 1 aromatic carbocycles. The first kappa shape index (κ1) is 18.1. The topological polar surface area (TPSA) is 75.4 Å². The van der Waals surface area contributed by atoms with Crippen molar-refractivity contribution in [2.75, 3.05) is 29.9 Å². The lowest BCUT2D eigenvalue weighted by atomic mass is 10.0. The minimum Gasteiger partial charge on any atom is -0.366 e. The Hall–Kier alpha value is -2.70. The molecule has 3 rings (SSSR count). The number of piperidine rings is 1. The summed E-state index contributed by atoms with van der Waals surface area (Å²) in [5.74, 6) is 1.76. The van der Waals surface area contributed by atoms with Gasteiger partial charge in [0.1, 0.15) is 17.3 Å². The van der Waals surface area contributed by atoms with Crippen molar-refractivity contribution in [3.63, 3.8) is 0 Å². The van der Waals surface area contributed by atoms with Crippen LogP contribution in [0.5, 0.6) is 0 Å². The number of nitro benzene ring substituents is 1. The first-order chi connectivity index (χ1) is 12.3. The minimum atomic E-state index is -0.291. The molecule has 0 radical (unpaired) electrons. The van der Waals surface area contributed by atoms with Crippen LogP contribution in [0, 0.1) is 30.9 Å². The van der Waals surface area contributed by atoms with E-state index in [9.17, 15) is 10.1 Å². The maximum absolute atomic E-state index is 11.4. The third-order valence-corrected chi connectivity index (χ3v) is 5.00. The monoisotopic (exact) mass is 355 g/mol. The number of benzene rings is 1. The minimum absolute atomic E-state index is 0.178. The van der Waals surface area contributed by atoms with Gasteiger partial charge in [0.2, 0.25) is 0 Å². The molecule has 0 spiro atoms. The van der Waals surface area contributed by atoms with Gasteiger partial charge in [-0.25, -0.2) is 9.97 Å². The van der Waals surface area contributed by atoms with Crippen LogP contribution in [0.4, 0.5) is 17.2 Å². The maximum Gasteiger partial charge on any atom is 0.292 e. The van der Waals surface area contributed by atoms with Crippen LogP contribution in [-0.4, -0.2) is 41.1 Å². The molecule has 1 aliphatic heterocycles. The molecular weight excluding hydrogens is 330 g/mol. The number of nitrogens with zero attached hydrogens (tertiary/aromatic N) is 5. The van der Waals surface area contributed by atoms with E-state index in [-0.39, 0.29) is 16.7 Å². The van der Waals surface area contributed by atoms with Crippen molar-refractivity contribution < 1.29 is 4.92 Å². The van der Waals surface area contributed by atoms with Crippen LogP contribution >= 0.6 is 0 Å². The molecule has 0 bridgehead atoms. The van der Waals surface area contributed by atoms with Crippen LogP contribution < -0.4 is 9.80 Å². The highest BCUT2D eigenvalue weighted by atomic mass is 16.6. The molecule has 1 saturated heterocycles. The van der Waals surface area contributed by atoms with Crippen LogP contribution in [0.2, 0.25) is 0 Å². The summed E-state index contributed by atoms with van der Waals surface area (Å²) in [6, 6.07) is 7.73. The first-order valence-corrected chi connectivity index (χ1v) is 8.90. The van der Waals surface area contributed by atoms with Crippen molar-refractivity contribution in [1.82, 2.24) is 9.97 Å². The summed E-state index contributed by atoms with van der Waals surface area (Å²) in [7, 11) is 1.96. The van der Waals surface area contributed by atoms with Gasteiger partial charge in [0.15, 0.2) is 0 Å². The highest BCUT2D eigenvalue weighted by Gasteiger charge is 2.27. The highest BCUT2D eigenvalue weighted by Crippen LogP contribution is 2.32. The molecule has 0 saturated carbocycles. The molecule has 0 atom stereocenters. The van der Waals surface area contributed by atoms with Crippen molar-refractivity contribution in [2.45, 2.75) is 39.7 Å². The van der Waals surface area contributed by atoms with Gasteiger partial charge < -0.3 is 9.80 Å². The molecule has 1 aliphatic rings. The molecular formula is C19H25N5O2. The number of hydrogen-bond donors (Lipinski definition) is 0. The third-order valence-electron chi connectivity index (χ3n) is 5.00. The van der Waals surface area contributed by atoms with Gasteiger partial charge in [-0.15, -0.1) is 0 Å². The number of aryl methyl sites for hydroxylation is 3. The zero-order chi connectivity index (χ0) is 18.8. The molecule has 0 unspecified atom stereocenters. The lowest BCUT2D eigenvalue weighted by molar-refractivity contribution is -0.384. The van der Waals surface area contributed by atoms with E-state index in [1.807, 2.05) is 46.0 Å². The second-order valence-electron chi connectivity index (χ2n) is 6.99. The average molecular weight is 355 g/mol. The summed E-state index contributed by atoms with van der Waals surface area (Å²) in [4.78, 5) is 24.3. The van der Waals surface area contributed by atoms with Crippen molar-refractivity contribution in [1.29, 1.82) is 0 Å². The van der Waals surface area contributed by atoms with E-state index in [0.29, 0.717) is 5.69 Å². The molecule has 2 heterocycles. The van der Waals surface area contributed by atoms with E-state index in [1.54, 1.807) is 6.07 Å². The smallest absolute Gasteiger partial charge is 0.292 e. The summed E-state index contributed by atoms with van der Waals surface area (Å²) in [6.07, 6.45) is 1.87. The molecule has 0 amide bonds. The van der Waals surface area contributed by atoms with Gasteiger partial charge in [-0.1, -0.05) is 6.07 Å². The molecule has 138 valence electrons. The Labute approximate surface area is 153 Å². The van der Waals surface area contributed by atoms with Gasteiger partial charge in [-0.05, 0) is 45.2 Å². The summed E-state index contributed by atoms with van der Waals surface area (Å²) in [6.45, 7) is 7.53. The van der Waals surface area contributed by atoms with Gasteiger partial charge >= 0.3 is 0 Å². The average Bonchev–Trinajstić information content (AvgIpc) is 2.60. The molecule has 1 fully saturated rings. The summed E-state index contributed by atoms with van der Waals surface area (Å²) >= 11 is 0. The summed E-state index contributed by atoms with van der Waals surface area (Å²) < 4.78 is 0. The van der Waals surface area contributed by atoms with Crippen molar-refractivity contribution in [3.05, 3.63) is 51.5 Å². The molecule has 26 heavy (non-hydrogen) atoms. The number of hydrogen-bond acceptors (Lipinski definition) is 6. The van der Waals surface area contributed by atoms with Gasteiger partial charge in [-0.3, -0.25) is 10.1 Å². The zero-order valence-corrected chi connectivity index (χ0v) is 15.8. The van der Waals surface area contributed by atoms with E-state index in [1.165, 1.54) is 0 Å². The van der Waals surface area contributed by atoms with E-state index >= 15 is 0 Å². The first-order valence-electron chi connectivity index (χ1n) is 8.90. The van der Waals surface area contributed by atoms with Gasteiger partial charge in [0.05, 0.1) is 4.92 Å². The second kappa shape index (κ2) is 7.27. The van der Waals surface area contributed by atoms with Gasteiger partial charge in [0, 0.05) is 44.0 Å². The number of rotatable bonds is 4. The Morgan fingerprint density at radius 1 is 1.15 bits per heavy atom. The SMILES string of the molecule is Cc1ccc(N(C)C2CCN(c3cc(C)nc(C)n3)CC2)c([N+](=O)[O-])c1. The maximum atomic E-state index is 11.4. The lowest BCUT2D eigenvalue weighted by Gasteiger charge is -2.38. The Kier molecular flexibility index (Phi) is 5.06. The molecule has 0 N–H and O–H groups in total. The third kappa shape index (κ3) is 3.76. The van der Waals surface area contributed by atoms with Crippen molar-refractivity contribution in [3.8, 4) is 0 Å². The Balaban J connectivity index is 1.73. The van der Waals surface area contributed by atoms with Crippen LogP contribution in [0.15, 0.2) is 24.3 Å². The Morgan fingerprint density at radius 3 is 2.46 bits per heavy atom. The predicted molar refractivity (Wildman–Crippen MR) is 103 cm³/mol. The van der Waals surface area contributed by atoms with Crippen LogP contribution in [0.25, 0.3) is 0 Å². The summed E-state index contributed by atoms with van der Waals surface area (Å²) in [5, 5.41) is 11.4. The molecule has 1 aromatic heterocycles. The highest BCUT2D eigenvalue weighted by molar-refractivity contribution is 5.64. The van der Waals surface area contributed by atoms with Crippen molar-refractivity contribution in [2.24, 2.45) is 0 Å². The fraction of sp³-hybridized carbons (Fsp3) is 0.474. The van der Waals surface area contributed by atoms with E-state index in [0.717, 1.165) is 48.8 Å². The zero-order valence-electron chi connectivity index (χ0n) is 15.8. The summed E-state index contributed by atoms with van der Waals surface area (Å²) in [5.41, 5.74) is 2.74.